The molecule has 4 rings (SSSR count). The highest BCUT2D eigenvalue weighted by molar-refractivity contribution is 6.48. The van der Waals surface area contributed by atoms with Crippen LogP contribution in [0.5, 0.6) is 0 Å². The number of piperidine rings is 1. The largest absolute Gasteiger partial charge is 0.417 e. The summed E-state index contributed by atoms with van der Waals surface area (Å²) in [4.78, 5) is 11.8. The summed E-state index contributed by atoms with van der Waals surface area (Å²) in [6.45, 7) is 9.56. The van der Waals surface area contributed by atoms with E-state index in [0.717, 1.165) is 30.6 Å². The van der Waals surface area contributed by atoms with Crippen LogP contribution >= 0.6 is 0 Å². The van der Waals surface area contributed by atoms with Crippen molar-refractivity contribution in [2.24, 2.45) is 28.6 Å². The molecule has 4 aliphatic rings. The van der Waals surface area contributed by atoms with Crippen LogP contribution in [-0.4, -0.2) is 21.1 Å². The number of carbonyl (C=O) groups is 1. The quantitative estimate of drug-likeness (QED) is 0.767. The maximum atomic E-state index is 11.8. The Bertz CT molecular complexity index is 574. The van der Waals surface area contributed by atoms with Gasteiger partial charge in [-0.3, -0.25) is 4.79 Å². The molecular weight excluding hydrogens is 314 g/mol. The number of amides is 1. The fourth-order valence-electron chi connectivity index (χ4n) is 6.70. The van der Waals surface area contributed by atoms with Gasteiger partial charge in [-0.05, 0) is 74.8 Å². The Balaban J connectivity index is 1.62. The van der Waals surface area contributed by atoms with E-state index >= 15 is 0 Å². The molecule has 24 heavy (non-hydrogen) atoms. The fourth-order valence-corrected chi connectivity index (χ4v) is 7.80. The summed E-state index contributed by atoms with van der Waals surface area (Å²) in [5.74, 6) is 2.55. The number of rotatable bonds is 2. The van der Waals surface area contributed by atoms with Crippen LogP contribution in [0.1, 0.15) is 58.8 Å². The molecule has 3 aliphatic carbocycles. The Morgan fingerprint density at radius 3 is 2.71 bits per heavy atom. The average molecular weight is 348 g/mol. The van der Waals surface area contributed by atoms with Gasteiger partial charge >= 0.3 is 0 Å². The number of hydrogen-bond donors (Lipinski definition) is 1. The predicted octanol–water partition coefficient (Wildman–Crippen LogP) is 4.00. The van der Waals surface area contributed by atoms with E-state index in [1.54, 1.807) is 0 Å². The lowest BCUT2D eigenvalue weighted by atomic mass is 9.50. The monoisotopic (exact) mass is 347 g/mol. The fraction of sp³-hybridized carbons (Fsp3) is 0.850. The Morgan fingerprint density at radius 1 is 1.17 bits per heavy atom. The first kappa shape index (κ1) is 16.8. The van der Waals surface area contributed by atoms with Gasteiger partial charge in [0.2, 0.25) is 5.91 Å². The molecule has 0 aromatic heterocycles. The van der Waals surface area contributed by atoms with Crippen LogP contribution in [0.4, 0.5) is 0 Å². The van der Waals surface area contributed by atoms with Crippen LogP contribution in [0.2, 0.25) is 13.1 Å². The zero-order valence-corrected chi connectivity index (χ0v) is 16.9. The first-order valence-electron chi connectivity index (χ1n) is 10.0. The van der Waals surface area contributed by atoms with Crippen molar-refractivity contribution in [1.82, 2.24) is 5.32 Å². The standard InChI is InChI=1S/C20H33NO2Si/c1-19-12-10-18(22)21-16(19)7-5-13-14-6-8-17(23-24(3)4)20(14,2)11-9-15(13)19/h7,13-15,17,24H,5-6,8-12H2,1-4H3,(H,21,22)/t13-,14-,15+,17?,19+,20-/m0/s1. The topological polar surface area (TPSA) is 38.3 Å². The Labute approximate surface area is 148 Å². The maximum Gasteiger partial charge on any atom is 0.224 e. The van der Waals surface area contributed by atoms with Crippen molar-refractivity contribution >= 4 is 14.9 Å². The van der Waals surface area contributed by atoms with E-state index in [9.17, 15) is 4.79 Å². The number of hydrogen-bond acceptors (Lipinski definition) is 2. The first-order chi connectivity index (χ1) is 11.3. The molecule has 1 amide bonds. The number of carbonyl (C=O) groups excluding carboxylic acids is 1. The van der Waals surface area contributed by atoms with E-state index in [-0.39, 0.29) is 11.3 Å². The molecule has 2 saturated carbocycles. The van der Waals surface area contributed by atoms with Crippen molar-refractivity contribution in [1.29, 1.82) is 0 Å². The first-order valence-corrected chi connectivity index (χ1v) is 12.8. The van der Waals surface area contributed by atoms with Crippen molar-refractivity contribution in [3.8, 4) is 0 Å². The zero-order valence-electron chi connectivity index (χ0n) is 15.7. The zero-order chi connectivity index (χ0) is 17.1. The maximum absolute atomic E-state index is 11.8. The van der Waals surface area contributed by atoms with E-state index in [2.05, 4.69) is 38.3 Å². The molecule has 0 spiro atoms. The SMILES string of the molecule is C[SiH](C)OC1CC[C@H]2[C@@H]3CC=C4NC(=O)CC[C@]4(C)[C@@H]3CC[C@]12C. The highest BCUT2D eigenvalue weighted by Gasteiger charge is 2.59. The van der Waals surface area contributed by atoms with Gasteiger partial charge in [-0.15, -0.1) is 0 Å². The smallest absolute Gasteiger partial charge is 0.224 e. The van der Waals surface area contributed by atoms with E-state index in [1.165, 1.54) is 31.4 Å². The third-order valence-corrected chi connectivity index (χ3v) is 8.83. The molecule has 3 fully saturated rings. The molecule has 1 heterocycles. The van der Waals surface area contributed by atoms with Gasteiger partial charge in [0.15, 0.2) is 9.04 Å². The predicted molar refractivity (Wildman–Crippen MR) is 99.0 cm³/mol. The molecule has 0 aromatic rings. The third kappa shape index (κ3) is 2.36. The second kappa shape index (κ2) is 5.70. The molecule has 1 saturated heterocycles. The minimum atomic E-state index is -0.977. The lowest BCUT2D eigenvalue weighted by molar-refractivity contribution is -0.125. The van der Waals surface area contributed by atoms with Gasteiger partial charge in [0, 0.05) is 17.5 Å². The van der Waals surface area contributed by atoms with Gasteiger partial charge in [-0.25, -0.2) is 0 Å². The minimum Gasteiger partial charge on any atom is -0.417 e. The average Bonchev–Trinajstić information content (AvgIpc) is 2.84. The van der Waals surface area contributed by atoms with Gasteiger partial charge in [-0.2, -0.15) is 0 Å². The van der Waals surface area contributed by atoms with Crippen LogP contribution in [0.25, 0.3) is 0 Å². The van der Waals surface area contributed by atoms with Gasteiger partial charge in [0.1, 0.15) is 0 Å². The third-order valence-electron chi connectivity index (χ3n) is 7.96. The van der Waals surface area contributed by atoms with Gasteiger partial charge in [0.25, 0.3) is 0 Å². The van der Waals surface area contributed by atoms with Gasteiger partial charge < -0.3 is 9.74 Å². The molecule has 0 aromatic carbocycles. The molecule has 0 bridgehead atoms. The minimum absolute atomic E-state index is 0.198. The molecule has 3 nitrogen and oxygen atoms in total. The highest BCUT2D eigenvalue weighted by atomic mass is 28.3. The second-order valence-electron chi connectivity index (χ2n) is 9.49. The summed E-state index contributed by atoms with van der Waals surface area (Å²) < 4.78 is 6.48. The molecule has 6 atom stereocenters. The van der Waals surface area contributed by atoms with Crippen molar-refractivity contribution < 1.29 is 9.22 Å². The molecule has 1 unspecified atom stereocenters. The number of nitrogens with one attached hydrogen (secondary N) is 1. The van der Waals surface area contributed by atoms with Crippen LogP contribution in [0.15, 0.2) is 11.8 Å². The van der Waals surface area contributed by atoms with Crippen LogP contribution in [0, 0.1) is 28.6 Å². The number of allylic oxidation sites excluding steroid dienone is 2. The summed E-state index contributed by atoms with van der Waals surface area (Å²) in [7, 11) is -0.977. The summed E-state index contributed by atoms with van der Waals surface area (Å²) in [6.07, 6.45) is 11.0. The lowest BCUT2D eigenvalue weighted by Gasteiger charge is -2.57. The van der Waals surface area contributed by atoms with Crippen LogP contribution in [0.3, 0.4) is 0 Å². The molecule has 1 aliphatic heterocycles. The van der Waals surface area contributed by atoms with Crippen molar-refractivity contribution in [3.63, 3.8) is 0 Å². The van der Waals surface area contributed by atoms with Gasteiger partial charge in [0.05, 0.1) is 6.10 Å². The van der Waals surface area contributed by atoms with E-state index in [4.69, 9.17) is 4.43 Å². The lowest BCUT2D eigenvalue weighted by Crippen LogP contribution is -2.54. The molecular formula is C20H33NO2Si. The van der Waals surface area contributed by atoms with E-state index in [0.29, 0.717) is 17.9 Å². The van der Waals surface area contributed by atoms with E-state index in [1.807, 2.05) is 0 Å². The Hall–Kier alpha value is -0.613. The van der Waals surface area contributed by atoms with Crippen LogP contribution in [-0.2, 0) is 9.22 Å². The highest BCUT2D eigenvalue weighted by Crippen LogP contribution is 2.64. The summed E-state index contributed by atoms with van der Waals surface area (Å²) in [5, 5.41) is 3.20. The summed E-state index contributed by atoms with van der Waals surface area (Å²) >= 11 is 0. The summed E-state index contributed by atoms with van der Waals surface area (Å²) in [6, 6.07) is 0. The number of fused-ring (bicyclic) bond motifs is 5. The normalized spacial score (nSPS) is 47.5. The van der Waals surface area contributed by atoms with Crippen molar-refractivity contribution in [2.45, 2.75) is 78.0 Å². The van der Waals surface area contributed by atoms with Crippen molar-refractivity contribution in [2.75, 3.05) is 0 Å². The Kier molecular flexibility index (Phi) is 4.00. The second-order valence-corrected chi connectivity index (χ2v) is 11.9. The molecule has 4 heteroatoms. The van der Waals surface area contributed by atoms with E-state index < -0.39 is 9.04 Å². The molecule has 134 valence electrons. The summed E-state index contributed by atoms with van der Waals surface area (Å²) in [5.41, 5.74) is 1.83. The van der Waals surface area contributed by atoms with Gasteiger partial charge in [-0.1, -0.05) is 19.9 Å². The molecule has 1 N–H and O–H groups in total. The van der Waals surface area contributed by atoms with Crippen molar-refractivity contribution in [3.05, 3.63) is 11.8 Å². The van der Waals surface area contributed by atoms with Crippen LogP contribution < -0.4 is 5.32 Å². The molecule has 0 radical (unpaired) electrons. The Morgan fingerprint density at radius 2 is 1.96 bits per heavy atom.